The van der Waals surface area contributed by atoms with Crippen LogP contribution in [0.25, 0.3) is 5.69 Å². The average Bonchev–Trinajstić information content (AvgIpc) is 2.72. The fourth-order valence-electron chi connectivity index (χ4n) is 2.54. The topological polar surface area (TPSA) is 86.1 Å². The highest BCUT2D eigenvalue weighted by Crippen LogP contribution is 2.27. The minimum Gasteiger partial charge on any atom is -0.482 e. The molecule has 0 aliphatic rings. The Labute approximate surface area is 179 Å². The van der Waals surface area contributed by atoms with Crippen molar-refractivity contribution < 1.29 is 40.3 Å². The Bertz CT molecular complexity index is 1220. The number of nitrogens with zero attached hydrogens (tertiary/aromatic N) is 3. The van der Waals surface area contributed by atoms with Crippen molar-refractivity contribution in [1.29, 1.82) is 0 Å². The smallest absolute Gasteiger partial charge is 0.434 e. The molecule has 0 saturated heterocycles. The van der Waals surface area contributed by atoms with E-state index in [1.165, 1.54) is 6.07 Å². The van der Waals surface area contributed by atoms with Gasteiger partial charge in [0.15, 0.2) is 18.1 Å². The van der Waals surface area contributed by atoms with Gasteiger partial charge in [-0.15, -0.1) is 0 Å². The third kappa shape index (κ3) is 5.84. The van der Waals surface area contributed by atoms with Crippen LogP contribution in [-0.2, 0) is 6.18 Å². The van der Waals surface area contributed by atoms with E-state index < -0.39 is 59.1 Å². The molecule has 0 aliphatic carbocycles. The lowest BCUT2D eigenvalue weighted by molar-refractivity contribution is -0.153. The van der Waals surface area contributed by atoms with Gasteiger partial charge in [-0.2, -0.15) is 26.3 Å². The molecular weight excluding hydrogens is 465 g/mol. The zero-order valence-electron chi connectivity index (χ0n) is 16.0. The lowest BCUT2D eigenvalue weighted by atomic mass is 10.2. The first-order valence-electron chi connectivity index (χ1n) is 8.77. The van der Waals surface area contributed by atoms with Crippen molar-refractivity contribution in [2.45, 2.75) is 12.4 Å². The maximum absolute atomic E-state index is 13.5. The first-order valence-corrected chi connectivity index (χ1v) is 8.77. The summed E-state index contributed by atoms with van der Waals surface area (Å²) in [5.41, 5.74) is -3.15. The number of carbonyl (C=O) groups excluding carboxylic acids is 1. The van der Waals surface area contributed by atoms with Gasteiger partial charge in [0.1, 0.15) is 17.1 Å². The van der Waals surface area contributed by atoms with Crippen LogP contribution in [-0.4, -0.2) is 33.2 Å². The van der Waals surface area contributed by atoms with E-state index in [1.807, 2.05) is 0 Å². The Kier molecular flexibility index (Phi) is 6.37. The molecule has 0 aliphatic heterocycles. The minimum absolute atomic E-state index is 0.283. The Hall–Kier alpha value is -3.97. The molecule has 1 aromatic carbocycles. The molecule has 0 atom stereocenters. The first kappa shape index (κ1) is 23.7. The van der Waals surface area contributed by atoms with E-state index >= 15 is 0 Å². The number of halogens is 7. The van der Waals surface area contributed by atoms with Gasteiger partial charge in [0.05, 0.1) is 18.1 Å². The Morgan fingerprint density at radius 3 is 2.39 bits per heavy atom. The van der Waals surface area contributed by atoms with Crippen molar-refractivity contribution in [2.24, 2.45) is 0 Å². The molecule has 14 heteroatoms. The molecule has 2 heterocycles. The standard InChI is InChI=1S/C19H11F7N4O3/c20-10-3-4-12(13(6-10)33-9-18(21,22)23)30-5-1-2-11(17(30)32)16(31)29-15-8-27-14(7-28-15)19(24,25)26/h1-8H,9H2,(H,28,29,31). The van der Waals surface area contributed by atoms with Crippen LogP contribution in [0.5, 0.6) is 5.75 Å². The number of pyridine rings is 1. The fourth-order valence-corrected chi connectivity index (χ4v) is 2.54. The van der Waals surface area contributed by atoms with E-state index in [0.29, 0.717) is 18.5 Å². The Morgan fingerprint density at radius 2 is 1.79 bits per heavy atom. The Morgan fingerprint density at radius 1 is 1.06 bits per heavy atom. The molecule has 3 aromatic rings. The number of amides is 1. The Balaban J connectivity index is 1.91. The lowest BCUT2D eigenvalue weighted by Crippen LogP contribution is -2.28. The van der Waals surface area contributed by atoms with Gasteiger partial charge in [0, 0.05) is 12.3 Å². The van der Waals surface area contributed by atoms with Crippen molar-refractivity contribution in [1.82, 2.24) is 14.5 Å². The molecule has 0 saturated carbocycles. The molecule has 3 rings (SSSR count). The first-order chi connectivity index (χ1) is 15.3. The molecule has 0 spiro atoms. The number of nitrogens with one attached hydrogen (secondary N) is 1. The minimum atomic E-state index is -4.75. The van der Waals surface area contributed by atoms with Crippen LogP contribution >= 0.6 is 0 Å². The molecular formula is C19H11F7N4O3. The summed E-state index contributed by atoms with van der Waals surface area (Å²) < 4.78 is 94.1. The molecule has 0 bridgehead atoms. The van der Waals surface area contributed by atoms with E-state index in [4.69, 9.17) is 0 Å². The van der Waals surface area contributed by atoms with Crippen LogP contribution in [0.1, 0.15) is 16.1 Å². The van der Waals surface area contributed by atoms with Crippen molar-refractivity contribution in [3.05, 3.63) is 76.4 Å². The lowest BCUT2D eigenvalue weighted by Gasteiger charge is -2.15. The van der Waals surface area contributed by atoms with Crippen LogP contribution in [0.15, 0.2) is 53.7 Å². The highest BCUT2D eigenvalue weighted by molar-refractivity contribution is 6.03. The van der Waals surface area contributed by atoms with Crippen molar-refractivity contribution in [3.63, 3.8) is 0 Å². The van der Waals surface area contributed by atoms with E-state index in [9.17, 15) is 40.3 Å². The second kappa shape index (κ2) is 8.88. The second-order valence-electron chi connectivity index (χ2n) is 6.35. The third-order valence-corrected chi connectivity index (χ3v) is 3.95. The summed E-state index contributed by atoms with van der Waals surface area (Å²) >= 11 is 0. The quantitative estimate of drug-likeness (QED) is 0.564. The number of aromatic nitrogens is 3. The number of hydrogen-bond acceptors (Lipinski definition) is 5. The monoisotopic (exact) mass is 476 g/mol. The SMILES string of the molecule is O=C(Nc1cnc(C(F)(F)F)cn1)c1cccn(-c2ccc(F)cc2OCC(F)(F)F)c1=O. The average molecular weight is 476 g/mol. The summed E-state index contributed by atoms with van der Waals surface area (Å²) in [5, 5.41) is 2.09. The molecule has 1 N–H and O–H groups in total. The van der Waals surface area contributed by atoms with E-state index in [1.54, 1.807) is 0 Å². The van der Waals surface area contributed by atoms with Crippen LogP contribution < -0.4 is 15.6 Å². The molecule has 174 valence electrons. The van der Waals surface area contributed by atoms with Crippen LogP contribution in [0, 0.1) is 5.82 Å². The number of benzene rings is 1. The zero-order valence-corrected chi connectivity index (χ0v) is 16.0. The number of alkyl halides is 6. The second-order valence-corrected chi connectivity index (χ2v) is 6.35. The maximum Gasteiger partial charge on any atom is 0.434 e. The number of anilines is 1. The van der Waals surface area contributed by atoms with Gasteiger partial charge < -0.3 is 10.1 Å². The summed E-state index contributed by atoms with van der Waals surface area (Å²) in [6.07, 6.45) is -7.37. The number of ether oxygens (including phenoxy) is 1. The molecule has 0 unspecified atom stereocenters. The van der Waals surface area contributed by atoms with Crippen molar-refractivity contribution >= 4 is 11.7 Å². The third-order valence-electron chi connectivity index (χ3n) is 3.95. The molecule has 0 radical (unpaired) electrons. The van der Waals surface area contributed by atoms with Gasteiger partial charge in [-0.05, 0) is 24.3 Å². The highest BCUT2D eigenvalue weighted by Gasteiger charge is 2.33. The van der Waals surface area contributed by atoms with Crippen LogP contribution in [0.2, 0.25) is 0 Å². The molecule has 1 amide bonds. The summed E-state index contributed by atoms with van der Waals surface area (Å²) in [7, 11) is 0. The summed E-state index contributed by atoms with van der Waals surface area (Å²) in [4.78, 5) is 31.7. The number of carbonyl (C=O) groups is 1. The van der Waals surface area contributed by atoms with E-state index in [2.05, 4.69) is 20.0 Å². The van der Waals surface area contributed by atoms with E-state index in [0.717, 1.165) is 29.0 Å². The van der Waals surface area contributed by atoms with Crippen molar-refractivity contribution in [3.8, 4) is 11.4 Å². The molecule has 33 heavy (non-hydrogen) atoms. The largest absolute Gasteiger partial charge is 0.482 e. The highest BCUT2D eigenvalue weighted by atomic mass is 19.4. The summed E-state index contributed by atoms with van der Waals surface area (Å²) in [5.74, 6) is -3.01. The van der Waals surface area contributed by atoms with Gasteiger partial charge in [-0.1, -0.05) is 0 Å². The molecule has 7 nitrogen and oxygen atoms in total. The predicted molar refractivity (Wildman–Crippen MR) is 98.5 cm³/mol. The van der Waals surface area contributed by atoms with Gasteiger partial charge in [0.2, 0.25) is 0 Å². The summed E-state index contributed by atoms with van der Waals surface area (Å²) in [6, 6.07) is 4.74. The zero-order chi connectivity index (χ0) is 24.4. The van der Waals surface area contributed by atoms with Crippen molar-refractivity contribution in [2.75, 3.05) is 11.9 Å². The predicted octanol–water partition coefficient (Wildman–Crippen LogP) is 3.98. The maximum atomic E-state index is 13.5. The number of hydrogen-bond donors (Lipinski definition) is 1. The van der Waals surface area contributed by atoms with Gasteiger partial charge >= 0.3 is 12.4 Å². The fraction of sp³-hybridized carbons (Fsp3) is 0.158. The van der Waals surface area contributed by atoms with Gasteiger partial charge in [-0.25, -0.2) is 14.4 Å². The van der Waals surface area contributed by atoms with Gasteiger partial charge in [0.25, 0.3) is 11.5 Å². The molecule has 2 aromatic heterocycles. The summed E-state index contributed by atoms with van der Waals surface area (Å²) in [6.45, 7) is -1.76. The number of rotatable bonds is 5. The normalized spacial score (nSPS) is 11.8. The van der Waals surface area contributed by atoms with Crippen LogP contribution in [0.3, 0.4) is 0 Å². The molecule has 0 fully saturated rings. The van der Waals surface area contributed by atoms with Gasteiger partial charge in [-0.3, -0.25) is 14.2 Å². The van der Waals surface area contributed by atoms with E-state index in [-0.39, 0.29) is 5.69 Å². The van der Waals surface area contributed by atoms with Crippen LogP contribution in [0.4, 0.5) is 36.6 Å².